The molecule has 0 radical (unpaired) electrons. The quantitative estimate of drug-likeness (QED) is 0.663. The molecule has 1 fully saturated rings. The molecule has 6 heteroatoms. The highest BCUT2D eigenvalue weighted by Gasteiger charge is 2.24. The molecule has 5 nitrogen and oxygen atoms in total. The fourth-order valence-electron chi connectivity index (χ4n) is 2.26. The third-order valence-corrected chi connectivity index (χ3v) is 4.59. The normalized spacial score (nSPS) is 13.2. The van der Waals surface area contributed by atoms with Gasteiger partial charge in [-0.25, -0.2) is 0 Å². The molecule has 2 aromatic rings. The number of ether oxygens (including phenoxy) is 1. The van der Waals surface area contributed by atoms with Crippen LogP contribution in [0.25, 0.3) is 0 Å². The number of rotatable bonds is 6. The first-order valence-corrected chi connectivity index (χ1v) is 9.19. The minimum atomic E-state index is -0.263. The Morgan fingerprint density at radius 3 is 2.56 bits per heavy atom. The molecule has 130 valence electrons. The van der Waals surface area contributed by atoms with Gasteiger partial charge in [0.15, 0.2) is 6.61 Å². The second-order valence-electron chi connectivity index (χ2n) is 6.07. The average molecular weight is 450 g/mol. The van der Waals surface area contributed by atoms with Crippen LogP contribution in [0.3, 0.4) is 0 Å². The molecule has 0 spiro atoms. The van der Waals surface area contributed by atoms with Gasteiger partial charge in [0.1, 0.15) is 5.75 Å². The smallest absolute Gasteiger partial charge is 0.262 e. The molecule has 0 saturated heterocycles. The van der Waals surface area contributed by atoms with Gasteiger partial charge in [-0.2, -0.15) is 0 Å². The molecular formula is C19H19IN2O3. The van der Waals surface area contributed by atoms with Crippen molar-refractivity contribution in [2.24, 2.45) is 0 Å². The minimum absolute atomic E-state index is 0.0848. The van der Waals surface area contributed by atoms with Gasteiger partial charge in [0.05, 0.1) is 0 Å². The van der Waals surface area contributed by atoms with Crippen LogP contribution < -0.4 is 15.4 Å². The summed E-state index contributed by atoms with van der Waals surface area (Å²) in [6.45, 7) is 1.80. The number of benzene rings is 2. The van der Waals surface area contributed by atoms with E-state index in [0.29, 0.717) is 23.0 Å². The highest BCUT2D eigenvalue weighted by molar-refractivity contribution is 14.1. The van der Waals surface area contributed by atoms with E-state index >= 15 is 0 Å². The number of amides is 2. The van der Waals surface area contributed by atoms with Crippen molar-refractivity contribution in [2.75, 3.05) is 11.9 Å². The predicted octanol–water partition coefficient (Wildman–Crippen LogP) is 3.51. The molecular weight excluding hydrogens is 431 g/mol. The van der Waals surface area contributed by atoms with Crippen LogP contribution >= 0.6 is 22.6 Å². The van der Waals surface area contributed by atoms with Gasteiger partial charge >= 0.3 is 0 Å². The molecule has 25 heavy (non-hydrogen) atoms. The van der Waals surface area contributed by atoms with Crippen molar-refractivity contribution in [3.05, 3.63) is 57.2 Å². The lowest BCUT2D eigenvalue weighted by molar-refractivity contribution is -0.118. The Labute approximate surface area is 160 Å². The molecule has 2 amide bonds. The van der Waals surface area contributed by atoms with Crippen molar-refractivity contribution in [3.8, 4) is 5.75 Å². The van der Waals surface area contributed by atoms with E-state index in [0.717, 1.165) is 22.0 Å². The van der Waals surface area contributed by atoms with Crippen LogP contribution in [0, 0.1) is 10.5 Å². The largest absolute Gasteiger partial charge is 0.484 e. The summed E-state index contributed by atoms with van der Waals surface area (Å²) in [5, 5.41) is 5.76. The van der Waals surface area contributed by atoms with Crippen LogP contribution in [0.5, 0.6) is 5.75 Å². The van der Waals surface area contributed by atoms with E-state index < -0.39 is 0 Å². The number of halogens is 1. The second-order valence-corrected chi connectivity index (χ2v) is 7.31. The molecule has 0 aromatic heterocycles. The Hall–Kier alpha value is -2.09. The second kappa shape index (κ2) is 7.86. The Morgan fingerprint density at radius 2 is 1.88 bits per heavy atom. The first kappa shape index (κ1) is 17.7. The number of carbonyl (C=O) groups is 2. The van der Waals surface area contributed by atoms with E-state index in [1.165, 1.54) is 0 Å². The SMILES string of the molecule is Cc1ccc(C(=O)NC2CC2)cc1NC(=O)COc1ccc(I)cc1. The van der Waals surface area contributed by atoms with E-state index in [-0.39, 0.29) is 18.4 Å². The molecule has 0 aliphatic heterocycles. The van der Waals surface area contributed by atoms with Gasteiger partial charge in [-0.15, -0.1) is 0 Å². The Balaban J connectivity index is 1.59. The lowest BCUT2D eigenvalue weighted by Gasteiger charge is -2.11. The predicted molar refractivity (Wildman–Crippen MR) is 105 cm³/mol. The summed E-state index contributed by atoms with van der Waals surface area (Å²) < 4.78 is 6.58. The van der Waals surface area contributed by atoms with Gasteiger partial charge in [0.25, 0.3) is 11.8 Å². The van der Waals surface area contributed by atoms with Crippen LogP contribution in [0.15, 0.2) is 42.5 Å². The molecule has 0 unspecified atom stereocenters. The first-order valence-electron chi connectivity index (χ1n) is 8.11. The van der Waals surface area contributed by atoms with Gasteiger partial charge in [-0.1, -0.05) is 6.07 Å². The van der Waals surface area contributed by atoms with E-state index in [2.05, 4.69) is 33.2 Å². The van der Waals surface area contributed by atoms with Crippen molar-refractivity contribution in [1.82, 2.24) is 5.32 Å². The van der Waals surface area contributed by atoms with Crippen molar-refractivity contribution in [1.29, 1.82) is 0 Å². The standard InChI is InChI=1S/C19H19IN2O3/c1-12-2-3-13(19(24)21-15-6-7-15)10-17(12)22-18(23)11-25-16-8-4-14(20)5-9-16/h2-5,8-10,15H,6-7,11H2,1H3,(H,21,24)(H,22,23). The van der Waals surface area contributed by atoms with Crippen LogP contribution in [0.2, 0.25) is 0 Å². The van der Waals surface area contributed by atoms with Gasteiger partial charge in [0.2, 0.25) is 0 Å². The van der Waals surface area contributed by atoms with Gasteiger partial charge in [-0.05, 0) is 84.3 Å². The molecule has 2 aromatic carbocycles. The molecule has 3 rings (SSSR count). The minimum Gasteiger partial charge on any atom is -0.484 e. The Bertz CT molecular complexity index is 786. The monoisotopic (exact) mass is 450 g/mol. The summed E-state index contributed by atoms with van der Waals surface area (Å²) in [5.74, 6) is 0.277. The third-order valence-electron chi connectivity index (χ3n) is 3.87. The molecule has 1 aliphatic carbocycles. The molecule has 0 bridgehead atoms. The fourth-order valence-corrected chi connectivity index (χ4v) is 2.62. The van der Waals surface area contributed by atoms with Crippen LogP contribution in [0.4, 0.5) is 5.69 Å². The molecule has 1 aliphatic rings. The van der Waals surface area contributed by atoms with Crippen molar-refractivity contribution < 1.29 is 14.3 Å². The van der Waals surface area contributed by atoms with E-state index in [4.69, 9.17) is 4.74 Å². The summed E-state index contributed by atoms with van der Waals surface area (Å²) in [5.41, 5.74) is 2.07. The fraction of sp³-hybridized carbons (Fsp3) is 0.263. The lowest BCUT2D eigenvalue weighted by atomic mass is 10.1. The summed E-state index contributed by atoms with van der Waals surface area (Å²) in [4.78, 5) is 24.3. The molecule has 2 N–H and O–H groups in total. The van der Waals surface area contributed by atoms with E-state index in [9.17, 15) is 9.59 Å². The molecule has 0 atom stereocenters. The number of hydrogen-bond acceptors (Lipinski definition) is 3. The maximum absolute atomic E-state index is 12.1. The Morgan fingerprint density at radius 1 is 1.16 bits per heavy atom. The highest BCUT2D eigenvalue weighted by Crippen LogP contribution is 2.21. The average Bonchev–Trinajstić information content (AvgIpc) is 3.40. The summed E-state index contributed by atoms with van der Waals surface area (Å²) >= 11 is 2.21. The number of hydrogen-bond donors (Lipinski definition) is 2. The maximum atomic E-state index is 12.1. The van der Waals surface area contributed by atoms with E-state index in [1.807, 2.05) is 37.3 Å². The first-order chi connectivity index (χ1) is 12.0. The summed E-state index contributed by atoms with van der Waals surface area (Å²) in [7, 11) is 0. The molecule has 0 heterocycles. The third kappa shape index (κ3) is 5.19. The zero-order valence-electron chi connectivity index (χ0n) is 13.8. The number of anilines is 1. The summed E-state index contributed by atoms with van der Waals surface area (Å²) in [6, 6.07) is 13.1. The number of aryl methyl sites for hydroxylation is 1. The zero-order valence-corrected chi connectivity index (χ0v) is 16.0. The number of nitrogens with one attached hydrogen (secondary N) is 2. The van der Waals surface area contributed by atoms with Crippen molar-refractivity contribution >= 4 is 40.1 Å². The maximum Gasteiger partial charge on any atom is 0.262 e. The van der Waals surface area contributed by atoms with Gasteiger partial charge in [0, 0.05) is 20.9 Å². The van der Waals surface area contributed by atoms with Gasteiger partial charge in [-0.3, -0.25) is 9.59 Å². The van der Waals surface area contributed by atoms with Crippen molar-refractivity contribution in [2.45, 2.75) is 25.8 Å². The van der Waals surface area contributed by atoms with Gasteiger partial charge < -0.3 is 15.4 Å². The topological polar surface area (TPSA) is 67.4 Å². The Kier molecular flexibility index (Phi) is 5.57. The highest BCUT2D eigenvalue weighted by atomic mass is 127. The number of carbonyl (C=O) groups excluding carboxylic acids is 2. The summed E-state index contributed by atoms with van der Waals surface area (Å²) in [6.07, 6.45) is 2.08. The van der Waals surface area contributed by atoms with Crippen molar-refractivity contribution in [3.63, 3.8) is 0 Å². The van der Waals surface area contributed by atoms with Crippen LogP contribution in [0.1, 0.15) is 28.8 Å². The van der Waals surface area contributed by atoms with Crippen LogP contribution in [-0.4, -0.2) is 24.5 Å². The zero-order chi connectivity index (χ0) is 17.8. The van der Waals surface area contributed by atoms with Crippen LogP contribution in [-0.2, 0) is 4.79 Å². The molecule has 1 saturated carbocycles. The van der Waals surface area contributed by atoms with E-state index in [1.54, 1.807) is 12.1 Å². The lowest BCUT2D eigenvalue weighted by Crippen LogP contribution is -2.26.